The Labute approximate surface area is 375 Å². The van der Waals surface area contributed by atoms with Crippen LogP contribution in [0.1, 0.15) is 16.7 Å². The Morgan fingerprint density at radius 3 is 1.24 bits per heavy atom. The fourth-order valence-corrected chi connectivity index (χ4v) is 5.56. The van der Waals surface area contributed by atoms with Gasteiger partial charge in [0.15, 0.2) is 22.9 Å². The van der Waals surface area contributed by atoms with Gasteiger partial charge in [-0.2, -0.15) is 27.1 Å². The zero-order chi connectivity index (χ0) is 43.5. The van der Waals surface area contributed by atoms with Crippen LogP contribution >= 0.6 is 23.2 Å². The first kappa shape index (κ1) is 50.0. The van der Waals surface area contributed by atoms with Crippen molar-refractivity contribution in [3.63, 3.8) is 0 Å². The molecule has 0 saturated heterocycles. The van der Waals surface area contributed by atoms with E-state index in [1.165, 1.54) is 24.3 Å². The van der Waals surface area contributed by atoms with Gasteiger partial charge in [-0.15, -0.1) is 10.2 Å². The van der Waals surface area contributed by atoms with E-state index in [0.29, 0.717) is 12.1 Å². The van der Waals surface area contributed by atoms with Gasteiger partial charge in [0.2, 0.25) is 12.1 Å². The van der Waals surface area contributed by atoms with Gasteiger partial charge in [0.1, 0.15) is 9.79 Å². The molecule has 2 atom stereocenters. The van der Waals surface area contributed by atoms with Crippen LogP contribution in [0.2, 0.25) is 10.0 Å². The molecule has 0 aromatic heterocycles. The Hall–Kier alpha value is -5.18. The second-order valence-corrected chi connectivity index (χ2v) is 14.8. The zero-order valence-electron chi connectivity index (χ0n) is 30.0. The predicted octanol–water partition coefficient (Wildman–Crippen LogP) is 6.46. The number of rotatable bonds is 14. The van der Waals surface area contributed by atoms with Gasteiger partial charge in [-0.05, 0) is 62.4 Å². The van der Waals surface area contributed by atoms with Crippen LogP contribution in [0, 0.1) is 20.2 Å². The van der Waals surface area contributed by atoms with Crippen molar-refractivity contribution in [2.45, 2.75) is 35.7 Å². The molecular weight excluding hydrogens is 896 g/mol. The Bertz CT molecular complexity index is 2430. The van der Waals surface area contributed by atoms with Crippen molar-refractivity contribution in [2.75, 3.05) is 10.6 Å². The molecular formula is C32H30CaCl2N8O14S2. The number of halogens is 2. The van der Waals surface area contributed by atoms with Crippen molar-refractivity contribution in [1.82, 2.24) is 0 Å². The summed E-state index contributed by atoms with van der Waals surface area (Å²) in [5, 5.41) is 41.8. The van der Waals surface area contributed by atoms with E-state index in [9.17, 15) is 56.2 Å². The molecule has 4 rings (SSSR count). The van der Waals surface area contributed by atoms with Crippen molar-refractivity contribution in [2.24, 2.45) is 20.5 Å². The van der Waals surface area contributed by atoms with Gasteiger partial charge in [-0.25, -0.2) is 0 Å². The number of amides is 2. The summed E-state index contributed by atoms with van der Waals surface area (Å²) in [5.74, 6) is -3.14. The van der Waals surface area contributed by atoms with Gasteiger partial charge in [0.05, 0.1) is 31.3 Å². The van der Waals surface area contributed by atoms with E-state index in [-0.39, 0.29) is 62.0 Å². The number of nitro groups is 2. The molecule has 0 aliphatic carbocycles. The number of anilines is 2. The Morgan fingerprint density at radius 2 is 0.966 bits per heavy atom. The molecule has 2 unspecified atom stereocenters. The Kier molecular flexibility index (Phi) is 18.4. The first-order valence-corrected chi connectivity index (χ1v) is 19.1. The molecule has 0 aliphatic rings. The van der Waals surface area contributed by atoms with E-state index in [2.05, 4.69) is 31.1 Å². The van der Waals surface area contributed by atoms with Crippen LogP contribution in [-0.4, -0.2) is 109 Å². The average Bonchev–Trinajstić information content (AvgIpc) is 3.12. The molecule has 4 N–H and O–H groups in total. The van der Waals surface area contributed by atoms with Crippen molar-refractivity contribution in [3.05, 3.63) is 115 Å². The van der Waals surface area contributed by atoms with Crippen LogP contribution < -0.4 is 10.6 Å². The van der Waals surface area contributed by atoms with Crippen LogP contribution in [0.5, 0.6) is 0 Å². The molecule has 27 heteroatoms. The number of ketones is 2. The minimum absolute atomic E-state index is 0. The van der Waals surface area contributed by atoms with Crippen LogP contribution in [0.25, 0.3) is 0 Å². The first-order valence-electron chi connectivity index (χ1n) is 15.5. The number of nitrogens with one attached hydrogen (secondary N) is 2. The van der Waals surface area contributed by atoms with Crippen molar-refractivity contribution < 1.29 is 57.8 Å². The van der Waals surface area contributed by atoms with E-state index in [4.69, 9.17) is 32.3 Å². The van der Waals surface area contributed by atoms with Crippen LogP contribution in [0.3, 0.4) is 0 Å². The molecule has 2 amide bonds. The van der Waals surface area contributed by atoms with Gasteiger partial charge >= 0.3 is 0 Å². The molecule has 0 saturated carbocycles. The van der Waals surface area contributed by atoms with E-state index in [0.717, 1.165) is 38.1 Å². The number of nitro benzene ring substituents is 2. The molecule has 4 aromatic rings. The number of hydrogen-bond acceptors (Lipinski definition) is 16. The van der Waals surface area contributed by atoms with Crippen LogP contribution in [0.4, 0.5) is 34.1 Å². The van der Waals surface area contributed by atoms with Crippen LogP contribution in [-0.2, 0) is 39.4 Å². The van der Waals surface area contributed by atoms with Crippen molar-refractivity contribution >= 4 is 139 Å². The molecule has 0 aliphatic heterocycles. The number of carbonyl (C=O) groups is 4. The van der Waals surface area contributed by atoms with Gasteiger partial charge in [-0.1, -0.05) is 47.5 Å². The first-order chi connectivity index (χ1) is 27.0. The third-order valence-electron chi connectivity index (χ3n) is 6.98. The van der Waals surface area contributed by atoms with E-state index >= 15 is 0 Å². The number of carbonyl (C=O) groups excluding carboxylic acids is 4. The summed E-state index contributed by atoms with van der Waals surface area (Å²) < 4.78 is 62.5. The molecule has 0 fully saturated rings. The molecule has 0 spiro atoms. The smallest absolute Gasteiger partial charge is 0.298 e. The molecule has 310 valence electrons. The summed E-state index contributed by atoms with van der Waals surface area (Å²) in [7, 11) is -9.36. The van der Waals surface area contributed by atoms with Gasteiger partial charge in [0, 0.05) is 52.7 Å². The van der Waals surface area contributed by atoms with Gasteiger partial charge < -0.3 is 10.6 Å². The molecule has 22 nitrogen and oxygen atoms in total. The fourth-order valence-electron chi connectivity index (χ4n) is 4.19. The summed E-state index contributed by atoms with van der Waals surface area (Å²) >= 11 is 11.9. The molecule has 59 heavy (non-hydrogen) atoms. The maximum atomic E-state index is 12.3. The molecule has 4 aromatic carbocycles. The monoisotopic (exact) mass is 924 g/mol. The van der Waals surface area contributed by atoms with E-state index in [1.807, 2.05) is 0 Å². The van der Waals surface area contributed by atoms with E-state index < -0.39 is 98.1 Å². The standard InChI is InChI=1S/2C16H13ClN4O7S.Ca.2H2/c2*1-9(22)15(16(23)18-12-5-3-2-4-11(12)17)20-19-13-7-6-10(29(26,27)28)8-14(13)21(24)25;;;/h2*2-8,15H,1H3,(H,18,23)(H,26,27,28);;2*1H. The van der Waals surface area contributed by atoms with Crippen LogP contribution in [0.15, 0.2) is 115 Å². The van der Waals surface area contributed by atoms with Crippen molar-refractivity contribution in [1.29, 1.82) is 0 Å². The zero-order valence-corrected chi connectivity index (χ0v) is 35.3. The minimum Gasteiger partial charge on any atom is -0.322 e. The summed E-state index contributed by atoms with van der Waals surface area (Å²) in [6.07, 6.45) is 0. The number of hydrogen-bond donors (Lipinski definition) is 4. The number of azo groups is 2. The topological polar surface area (TPSA) is 337 Å². The average molecular weight is 926 g/mol. The van der Waals surface area contributed by atoms with Gasteiger partial charge in [-0.3, -0.25) is 48.5 Å². The number of para-hydroxylation sites is 2. The largest absolute Gasteiger partial charge is 0.322 e. The summed E-state index contributed by atoms with van der Waals surface area (Å²) in [5.41, 5.74) is -1.97. The second kappa shape index (κ2) is 21.7. The fraction of sp³-hybridized carbons (Fsp3) is 0.125. The quantitative estimate of drug-likeness (QED) is 0.0263. The normalized spacial score (nSPS) is 12.3. The molecule has 0 heterocycles. The second-order valence-electron chi connectivity index (χ2n) is 11.2. The maximum absolute atomic E-state index is 12.3. The summed E-state index contributed by atoms with van der Waals surface area (Å²) in [6.45, 7) is 2.15. The third-order valence-corrected chi connectivity index (χ3v) is 9.33. The Balaban J connectivity index is 0.00000112. The van der Waals surface area contributed by atoms with E-state index in [1.54, 1.807) is 24.3 Å². The maximum Gasteiger partial charge on any atom is 0.298 e. The minimum atomic E-state index is -4.68. The predicted molar refractivity (Wildman–Crippen MR) is 214 cm³/mol. The number of nitrogens with zero attached hydrogens (tertiary/aromatic N) is 6. The molecule has 2 radical (unpaired) electrons. The number of benzene rings is 4. The molecule has 0 bridgehead atoms. The van der Waals surface area contributed by atoms with Gasteiger partial charge in [0.25, 0.3) is 43.4 Å². The Morgan fingerprint density at radius 1 is 0.644 bits per heavy atom. The summed E-state index contributed by atoms with van der Waals surface area (Å²) in [4.78, 5) is 67.2. The number of Topliss-reactive ketones (excluding diaryl/α,β-unsaturated/α-hetero) is 2. The SMILES string of the molecule is CC(=O)C(N=Nc1ccc(S(=O)(=O)O)cc1[N+](=O)[O-])C(=O)Nc1ccccc1Cl.CC(=O)C(N=Nc1ccc(S(=O)(=O)O)cc1[N+](=O)[O-])C(=O)Nc1ccccc1Cl.[Ca].[HH].[HH]. The third kappa shape index (κ3) is 14.6. The van der Waals surface area contributed by atoms with Crippen molar-refractivity contribution in [3.8, 4) is 0 Å². The summed E-state index contributed by atoms with van der Waals surface area (Å²) in [6, 6.07) is 13.9.